The Morgan fingerprint density at radius 3 is 1.17 bits per heavy atom. The summed E-state index contributed by atoms with van der Waals surface area (Å²) in [7, 11) is 0. The summed E-state index contributed by atoms with van der Waals surface area (Å²) < 4.78 is 48.2. The average Bonchev–Trinajstić information content (AvgIpc) is 3.19. The minimum Gasteiger partial charge on any atom is -0.479 e. The second kappa shape index (κ2) is 19.3. The molecule has 5 saturated heterocycles. The van der Waals surface area contributed by atoms with E-state index in [9.17, 15) is 91.0 Å². The number of ether oxygens (including phenoxy) is 9. The van der Waals surface area contributed by atoms with Crippen LogP contribution in [-0.2, 0) is 57.0 Å². The fourth-order valence-electron chi connectivity index (χ4n) is 7.04. The highest BCUT2D eigenvalue weighted by atomic mass is 16.8. The molecule has 19 N–H and O–H groups in total. The van der Waals surface area contributed by atoms with Crippen LogP contribution in [0.15, 0.2) is 0 Å². The number of rotatable bonds is 13. The first-order valence-electron chi connectivity index (χ1n) is 17.8. The van der Waals surface area contributed by atoms with Crippen molar-refractivity contribution in [1.29, 1.82) is 0 Å². The van der Waals surface area contributed by atoms with Gasteiger partial charge in [-0.2, -0.15) is 0 Å². The predicted molar refractivity (Wildman–Crippen MR) is 172 cm³/mol. The molecule has 0 unspecified atom stereocenters. The second-order valence-electron chi connectivity index (χ2n) is 14.2. The SMILES string of the molecule is N[C@H]1[C@@H](O[C@H]2[C@H](O)[C@@H](O)[C@H](O[C@H]3[C@H](O)[C@@H](N)[C@@H](O[C@H]4[C@H](O)[C@@H](O)[C@H](O)O[C@@H]4C(=O)O)O[C@@H]3CO)O[C@@H]2C(=O)O)O[C@H](CO)[C@@H](O[C@@H]2O[C@H](C(=O)O)[C@@H](O)[C@H](O)[C@H]2O)[C@@H]1O. The summed E-state index contributed by atoms with van der Waals surface area (Å²) in [6, 6.07) is -3.53. The minimum absolute atomic E-state index is 1.03. The van der Waals surface area contributed by atoms with Crippen LogP contribution in [0.25, 0.3) is 0 Å². The zero-order chi connectivity index (χ0) is 43.9. The van der Waals surface area contributed by atoms with E-state index < -0.39 is 185 Å². The highest BCUT2D eigenvalue weighted by Crippen LogP contribution is 2.35. The van der Waals surface area contributed by atoms with Crippen LogP contribution >= 0.6 is 0 Å². The molecule has 0 bridgehead atoms. The predicted octanol–water partition coefficient (Wildman–Crippen LogP) is -11.7. The van der Waals surface area contributed by atoms with Crippen LogP contribution in [0.2, 0.25) is 0 Å². The number of carboxylic acid groups (broad SMARTS) is 3. The number of aliphatic hydroxyl groups is 12. The van der Waals surface area contributed by atoms with Crippen molar-refractivity contribution in [2.24, 2.45) is 11.5 Å². The Balaban J connectivity index is 1.26. The van der Waals surface area contributed by atoms with Gasteiger partial charge in [-0.3, -0.25) is 0 Å². The molecule has 29 nitrogen and oxygen atoms in total. The van der Waals surface area contributed by atoms with Crippen molar-refractivity contribution in [3.05, 3.63) is 0 Å². The van der Waals surface area contributed by atoms with E-state index in [4.69, 9.17) is 54.1 Å². The number of hydrogen-bond donors (Lipinski definition) is 17. The van der Waals surface area contributed by atoms with E-state index in [0.717, 1.165) is 0 Å². The van der Waals surface area contributed by atoms with Gasteiger partial charge in [0.2, 0.25) is 0 Å². The summed E-state index contributed by atoms with van der Waals surface area (Å²) in [4.78, 5) is 35.6. The molecule has 59 heavy (non-hydrogen) atoms. The van der Waals surface area contributed by atoms with Crippen molar-refractivity contribution in [2.45, 2.75) is 153 Å². The van der Waals surface area contributed by atoms with Gasteiger partial charge in [-0.05, 0) is 0 Å². The standard InChI is InChI=1S/C30H48N2O27/c31-5-8(36)17(4(2-34)51-27(5)56-18-11(39)13(41)26(50)53-21(18)24(46)47)55-30-15(43)12(40)19(22(59-30)25(48)49)57-28-6(32)7(35)16(3(1-33)52-28)54-29-14(42)9(37)10(38)20(58-29)23(44)45/h3-22,26-30,33-43,50H,1-2,31-32H2,(H,44,45)(H,46,47)(H,48,49)/t3-,4-,5-,6-,7-,8-,9+,10+,11-,12-,13-,14-,15-,16-,17-,18+,19+,20+,21+,22+,26-,27-,28-,29-,30-/m1/s1. The van der Waals surface area contributed by atoms with Crippen LogP contribution in [0.4, 0.5) is 0 Å². The molecule has 0 aromatic heterocycles. The van der Waals surface area contributed by atoms with Crippen LogP contribution in [0.3, 0.4) is 0 Å². The van der Waals surface area contributed by atoms with Gasteiger partial charge in [-0.25, -0.2) is 14.4 Å². The Morgan fingerprint density at radius 2 is 0.763 bits per heavy atom. The topological polar surface area (TPSA) is 490 Å². The fourth-order valence-corrected chi connectivity index (χ4v) is 7.04. The first kappa shape index (κ1) is 47.5. The van der Waals surface area contributed by atoms with Gasteiger partial charge in [0.05, 0.1) is 25.3 Å². The summed E-state index contributed by atoms with van der Waals surface area (Å²) >= 11 is 0. The van der Waals surface area contributed by atoms with E-state index in [1.807, 2.05) is 0 Å². The molecule has 5 rings (SSSR count). The molecule has 0 aromatic rings. The van der Waals surface area contributed by atoms with Gasteiger partial charge in [-0.15, -0.1) is 0 Å². The molecule has 5 aliphatic rings. The summed E-state index contributed by atoms with van der Waals surface area (Å²) in [5, 5.41) is 154. The summed E-state index contributed by atoms with van der Waals surface area (Å²) in [5.41, 5.74) is 12.1. The van der Waals surface area contributed by atoms with E-state index in [2.05, 4.69) is 0 Å². The molecule has 0 aromatic carbocycles. The molecule has 0 saturated carbocycles. The summed E-state index contributed by atoms with van der Waals surface area (Å²) in [6.45, 7) is -2.06. The third-order valence-corrected chi connectivity index (χ3v) is 10.4. The second-order valence-corrected chi connectivity index (χ2v) is 14.2. The lowest BCUT2D eigenvalue weighted by Gasteiger charge is -2.49. The Hall–Kier alpha value is -2.51. The van der Waals surface area contributed by atoms with Crippen LogP contribution in [0, 0.1) is 0 Å². The van der Waals surface area contributed by atoms with E-state index in [1.54, 1.807) is 0 Å². The van der Waals surface area contributed by atoms with Gasteiger partial charge in [0.1, 0.15) is 91.6 Å². The Kier molecular flexibility index (Phi) is 15.5. The smallest absolute Gasteiger partial charge is 0.335 e. The molecule has 340 valence electrons. The zero-order valence-corrected chi connectivity index (χ0v) is 30.1. The number of aliphatic carboxylic acids is 3. The van der Waals surface area contributed by atoms with Crippen molar-refractivity contribution in [2.75, 3.05) is 13.2 Å². The van der Waals surface area contributed by atoms with Crippen molar-refractivity contribution < 1.29 is 134 Å². The van der Waals surface area contributed by atoms with Gasteiger partial charge >= 0.3 is 17.9 Å². The van der Waals surface area contributed by atoms with Gasteiger partial charge < -0.3 is 131 Å². The molecule has 0 amide bonds. The number of nitrogens with two attached hydrogens (primary N) is 2. The molecule has 5 aliphatic heterocycles. The molecule has 0 radical (unpaired) electrons. The lowest BCUT2D eigenvalue weighted by molar-refractivity contribution is -0.374. The first-order valence-corrected chi connectivity index (χ1v) is 17.8. The van der Waals surface area contributed by atoms with Crippen molar-refractivity contribution >= 4 is 17.9 Å². The summed E-state index contributed by atoms with van der Waals surface area (Å²) in [6.07, 6.45) is -46.8. The summed E-state index contributed by atoms with van der Waals surface area (Å²) in [5.74, 6) is -5.38. The largest absolute Gasteiger partial charge is 0.479 e. The van der Waals surface area contributed by atoms with Crippen molar-refractivity contribution in [1.82, 2.24) is 0 Å². The molecule has 0 spiro atoms. The molecule has 5 heterocycles. The maximum Gasteiger partial charge on any atom is 0.335 e. The van der Waals surface area contributed by atoms with E-state index in [0.29, 0.717) is 0 Å². The third kappa shape index (κ3) is 9.47. The highest BCUT2D eigenvalue weighted by molar-refractivity contribution is 5.74. The van der Waals surface area contributed by atoms with Gasteiger partial charge in [-0.1, -0.05) is 0 Å². The monoisotopic (exact) mass is 868 g/mol. The Morgan fingerprint density at radius 1 is 0.407 bits per heavy atom. The van der Waals surface area contributed by atoms with Crippen LogP contribution < -0.4 is 11.5 Å². The molecular formula is C30H48N2O27. The molecule has 0 aliphatic carbocycles. The van der Waals surface area contributed by atoms with Gasteiger partial charge in [0.25, 0.3) is 0 Å². The zero-order valence-electron chi connectivity index (χ0n) is 30.1. The minimum atomic E-state index is -2.29. The fraction of sp³-hybridized carbons (Fsp3) is 0.900. The quantitative estimate of drug-likeness (QED) is 0.0817. The van der Waals surface area contributed by atoms with Gasteiger partial charge in [0.15, 0.2) is 49.8 Å². The maximum atomic E-state index is 12.4. The third-order valence-electron chi connectivity index (χ3n) is 10.4. The number of carboxylic acids is 3. The maximum absolute atomic E-state index is 12.4. The number of carbonyl (C=O) groups is 3. The highest BCUT2D eigenvalue weighted by Gasteiger charge is 2.57. The molecular weight excluding hydrogens is 820 g/mol. The lowest BCUT2D eigenvalue weighted by Crippen LogP contribution is -2.70. The van der Waals surface area contributed by atoms with E-state index >= 15 is 0 Å². The Bertz CT molecular complexity index is 1450. The molecule has 29 heteroatoms. The normalized spacial score (nSPS) is 50.8. The molecule has 25 atom stereocenters. The number of aliphatic hydroxyl groups excluding tert-OH is 12. The van der Waals surface area contributed by atoms with Crippen molar-refractivity contribution in [3.8, 4) is 0 Å². The lowest BCUT2D eigenvalue weighted by atomic mass is 9.94. The van der Waals surface area contributed by atoms with Crippen LogP contribution in [-0.4, -0.2) is 261 Å². The average molecular weight is 869 g/mol. The molecule has 5 fully saturated rings. The van der Waals surface area contributed by atoms with Crippen LogP contribution in [0.5, 0.6) is 0 Å². The first-order chi connectivity index (χ1) is 27.6. The Labute approximate surface area is 329 Å². The van der Waals surface area contributed by atoms with Crippen molar-refractivity contribution in [3.63, 3.8) is 0 Å². The van der Waals surface area contributed by atoms with E-state index in [1.165, 1.54) is 0 Å². The van der Waals surface area contributed by atoms with Gasteiger partial charge in [0, 0.05) is 0 Å². The number of hydrogen-bond acceptors (Lipinski definition) is 26. The van der Waals surface area contributed by atoms with E-state index in [-0.39, 0.29) is 0 Å². The van der Waals surface area contributed by atoms with Crippen LogP contribution in [0.1, 0.15) is 0 Å².